The molecule has 0 bridgehead atoms. The van der Waals surface area contributed by atoms with Crippen LogP contribution in [0.3, 0.4) is 0 Å². The number of halogens is 6. The Morgan fingerprint density at radius 3 is 1.93 bits per heavy atom. The van der Waals surface area contributed by atoms with Crippen LogP contribution in [0, 0.1) is 0 Å². The molecule has 1 spiro atoms. The van der Waals surface area contributed by atoms with Gasteiger partial charge in [-0.25, -0.2) is 18.0 Å². The van der Waals surface area contributed by atoms with Crippen LogP contribution in [0.4, 0.5) is 32.0 Å². The van der Waals surface area contributed by atoms with Crippen molar-refractivity contribution >= 4 is 33.6 Å². The number of carboxylic acids is 2. The maximum Gasteiger partial charge on any atom is 0.490 e. The maximum absolute atomic E-state index is 13.0. The van der Waals surface area contributed by atoms with Crippen molar-refractivity contribution in [3.63, 3.8) is 0 Å². The van der Waals surface area contributed by atoms with E-state index in [1.165, 1.54) is 4.31 Å². The molecule has 1 amide bonds. The Balaban J connectivity index is 0.000000349. The second-order valence-corrected chi connectivity index (χ2v) is 10.7. The number of aliphatic carboxylic acids is 2. The van der Waals surface area contributed by atoms with Crippen molar-refractivity contribution < 1.29 is 59.4 Å². The SMILES string of the molecule is CN1CC(=O)N(c2cccnc2)CC12CCN(S(=O)(=O)c1ccccc1)C2.O=C(O)C(F)(F)F.O=C(O)C(F)(F)F. The molecule has 226 valence electrons. The molecule has 1 unspecified atom stereocenters. The van der Waals surface area contributed by atoms with Crippen molar-refractivity contribution in [1.29, 1.82) is 0 Å². The van der Waals surface area contributed by atoms with Gasteiger partial charge in [-0.2, -0.15) is 30.6 Å². The van der Waals surface area contributed by atoms with E-state index in [0.29, 0.717) is 31.0 Å². The number of sulfonamides is 1. The van der Waals surface area contributed by atoms with Gasteiger partial charge in [-0.05, 0) is 37.7 Å². The molecular weight excluding hydrogens is 590 g/mol. The van der Waals surface area contributed by atoms with E-state index < -0.39 is 39.9 Å². The van der Waals surface area contributed by atoms with Crippen molar-refractivity contribution in [2.45, 2.75) is 29.2 Å². The first-order chi connectivity index (χ1) is 18.8. The fourth-order valence-electron chi connectivity index (χ4n) is 3.91. The van der Waals surface area contributed by atoms with Crippen LogP contribution in [-0.4, -0.2) is 102 Å². The molecule has 1 aromatic heterocycles. The van der Waals surface area contributed by atoms with Gasteiger partial charge in [-0.15, -0.1) is 0 Å². The van der Waals surface area contributed by atoms with Crippen molar-refractivity contribution in [3.8, 4) is 0 Å². The minimum atomic E-state index is -5.08. The van der Waals surface area contributed by atoms with Gasteiger partial charge in [0.1, 0.15) is 0 Å². The van der Waals surface area contributed by atoms with Crippen LogP contribution in [-0.2, 0) is 24.4 Å². The minimum Gasteiger partial charge on any atom is -0.475 e. The first-order valence-corrected chi connectivity index (χ1v) is 12.8. The Morgan fingerprint density at radius 1 is 0.927 bits per heavy atom. The van der Waals surface area contributed by atoms with Gasteiger partial charge in [0.2, 0.25) is 15.9 Å². The zero-order chi connectivity index (χ0) is 31.2. The van der Waals surface area contributed by atoms with E-state index in [2.05, 4.69) is 4.98 Å². The summed E-state index contributed by atoms with van der Waals surface area (Å²) >= 11 is 0. The Hall–Kier alpha value is -3.77. The summed E-state index contributed by atoms with van der Waals surface area (Å²) in [4.78, 5) is 38.5. The Labute approximate surface area is 229 Å². The highest BCUT2D eigenvalue weighted by atomic mass is 32.2. The van der Waals surface area contributed by atoms with E-state index in [4.69, 9.17) is 19.8 Å². The van der Waals surface area contributed by atoms with E-state index in [1.54, 1.807) is 53.7 Å². The molecule has 4 rings (SSSR count). The van der Waals surface area contributed by atoms with Crippen LogP contribution in [0.5, 0.6) is 0 Å². The molecule has 2 aromatic rings. The quantitative estimate of drug-likeness (QED) is 0.498. The van der Waals surface area contributed by atoms with Crippen LogP contribution in [0.2, 0.25) is 0 Å². The summed E-state index contributed by atoms with van der Waals surface area (Å²) in [7, 11) is -1.64. The van der Waals surface area contributed by atoms with Crippen LogP contribution >= 0.6 is 0 Å². The second-order valence-electron chi connectivity index (χ2n) is 8.78. The number of alkyl halides is 6. The molecule has 2 N–H and O–H groups in total. The molecule has 18 heteroatoms. The molecule has 1 aromatic carbocycles. The number of amides is 1. The number of hydrogen-bond donors (Lipinski definition) is 2. The summed E-state index contributed by atoms with van der Waals surface area (Å²) in [5.41, 5.74) is 0.352. The van der Waals surface area contributed by atoms with E-state index in [-0.39, 0.29) is 12.5 Å². The molecular formula is C23H24F6N4O7S. The summed E-state index contributed by atoms with van der Waals surface area (Å²) in [6.45, 7) is 1.52. The number of aromatic nitrogens is 1. The largest absolute Gasteiger partial charge is 0.490 e. The summed E-state index contributed by atoms with van der Waals surface area (Å²) in [5, 5.41) is 14.2. The van der Waals surface area contributed by atoms with E-state index in [0.717, 1.165) is 5.69 Å². The zero-order valence-electron chi connectivity index (χ0n) is 21.1. The molecule has 41 heavy (non-hydrogen) atoms. The van der Waals surface area contributed by atoms with Crippen LogP contribution in [0.15, 0.2) is 59.8 Å². The van der Waals surface area contributed by atoms with Gasteiger partial charge in [0.15, 0.2) is 0 Å². The first-order valence-electron chi connectivity index (χ1n) is 11.4. The summed E-state index contributed by atoms with van der Waals surface area (Å²) < 4.78 is 91.0. The predicted octanol–water partition coefficient (Wildman–Crippen LogP) is 2.46. The van der Waals surface area contributed by atoms with Crippen LogP contribution in [0.1, 0.15) is 6.42 Å². The lowest BCUT2D eigenvalue weighted by atomic mass is 9.93. The highest BCUT2D eigenvalue weighted by molar-refractivity contribution is 7.89. The number of nitrogens with zero attached hydrogens (tertiary/aromatic N) is 4. The number of benzene rings is 1. The van der Waals surface area contributed by atoms with Gasteiger partial charge in [0, 0.05) is 25.8 Å². The van der Waals surface area contributed by atoms with Gasteiger partial charge in [0.25, 0.3) is 0 Å². The molecule has 2 fully saturated rings. The van der Waals surface area contributed by atoms with Gasteiger partial charge >= 0.3 is 24.3 Å². The third kappa shape index (κ3) is 8.61. The van der Waals surface area contributed by atoms with Gasteiger partial charge < -0.3 is 15.1 Å². The van der Waals surface area contributed by atoms with Crippen LogP contribution < -0.4 is 4.90 Å². The molecule has 0 saturated carbocycles. The number of pyridine rings is 1. The fraction of sp³-hybridized carbons (Fsp3) is 0.391. The number of likely N-dealkylation sites (N-methyl/N-ethyl adjacent to an activating group) is 1. The van der Waals surface area contributed by atoms with Crippen LogP contribution in [0.25, 0.3) is 0 Å². The number of piperazine rings is 1. The number of rotatable bonds is 3. The van der Waals surface area contributed by atoms with Crippen molar-refractivity contribution in [1.82, 2.24) is 14.2 Å². The third-order valence-corrected chi connectivity index (χ3v) is 7.92. The monoisotopic (exact) mass is 614 g/mol. The number of carboxylic acid groups (broad SMARTS) is 2. The fourth-order valence-corrected chi connectivity index (χ4v) is 5.46. The van der Waals surface area contributed by atoms with Crippen molar-refractivity contribution in [2.75, 3.05) is 38.1 Å². The average molecular weight is 615 g/mol. The summed E-state index contributed by atoms with van der Waals surface area (Å²) in [6.07, 6.45) is -6.15. The highest BCUT2D eigenvalue weighted by Gasteiger charge is 2.50. The van der Waals surface area contributed by atoms with E-state index in [9.17, 15) is 39.6 Å². The number of hydrogen-bond acceptors (Lipinski definition) is 7. The molecule has 2 aliphatic heterocycles. The lowest BCUT2D eigenvalue weighted by Gasteiger charge is -2.46. The smallest absolute Gasteiger partial charge is 0.475 e. The van der Waals surface area contributed by atoms with Crippen molar-refractivity contribution in [3.05, 3.63) is 54.9 Å². The van der Waals surface area contributed by atoms with E-state index >= 15 is 0 Å². The van der Waals surface area contributed by atoms with Gasteiger partial charge in [0.05, 0.1) is 28.9 Å². The van der Waals surface area contributed by atoms with E-state index in [1.807, 2.05) is 18.0 Å². The number of carbonyl (C=O) groups excluding carboxylic acids is 1. The lowest BCUT2D eigenvalue weighted by molar-refractivity contribution is -0.193. The normalized spacial score (nSPS) is 20.1. The molecule has 3 heterocycles. The molecule has 2 aliphatic rings. The highest BCUT2D eigenvalue weighted by Crippen LogP contribution is 2.35. The number of anilines is 1. The lowest BCUT2D eigenvalue weighted by Crippen LogP contribution is -2.64. The molecule has 2 saturated heterocycles. The molecule has 0 aliphatic carbocycles. The van der Waals surface area contributed by atoms with Gasteiger partial charge in [-0.3, -0.25) is 14.7 Å². The molecule has 11 nitrogen and oxygen atoms in total. The summed E-state index contributed by atoms with van der Waals surface area (Å²) in [6, 6.07) is 12.2. The topological polar surface area (TPSA) is 148 Å². The zero-order valence-corrected chi connectivity index (χ0v) is 21.9. The average Bonchev–Trinajstić information content (AvgIpc) is 3.33. The second kappa shape index (κ2) is 12.8. The minimum absolute atomic E-state index is 0.000455. The maximum atomic E-state index is 13.0. The summed E-state index contributed by atoms with van der Waals surface area (Å²) in [5.74, 6) is -5.51. The Bertz CT molecular complexity index is 1300. The Morgan fingerprint density at radius 2 is 1.46 bits per heavy atom. The first kappa shape index (κ1) is 33.4. The molecule has 1 atom stereocenters. The Kier molecular flexibility index (Phi) is 10.5. The van der Waals surface area contributed by atoms with Crippen molar-refractivity contribution in [2.24, 2.45) is 0 Å². The predicted molar refractivity (Wildman–Crippen MR) is 129 cm³/mol. The van der Waals surface area contributed by atoms with Gasteiger partial charge in [-0.1, -0.05) is 18.2 Å². The number of carbonyl (C=O) groups is 3. The standard InChI is InChI=1S/C19H22N4O3S.2C2HF3O2/c1-21-13-18(24)23(16-6-5-10-20-12-16)15-19(21)9-11-22(14-19)27(25,26)17-7-3-2-4-8-17;2*3-2(4,5)1(6)7/h2-8,10,12H,9,11,13-15H2,1H3;2*(H,6,7). The third-order valence-electron chi connectivity index (χ3n) is 6.06. The molecule has 0 radical (unpaired) electrons.